The van der Waals surface area contributed by atoms with Gasteiger partial charge in [-0.25, -0.2) is 9.59 Å². The normalized spacial score (nSPS) is 35.4. The van der Waals surface area contributed by atoms with Gasteiger partial charge in [-0.05, 0) is 26.7 Å². The van der Waals surface area contributed by atoms with Gasteiger partial charge in [-0.15, -0.1) is 0 Å². The van der Waals surface area contributed by atoms with Gasteiger partial charge in [-0.3, -0.25) is 9.59 Å². The molecule has 188 valence electrons. The topological polar surface area (TPSA) is 135 Å². The number of rotatable bonds is 6. The zero-order valence-corrected chi connectivity index (χ0v) is 19.9. The van der Waals surface area contributed by atoms with E-state index in [1.807, 2.05) is 6.92 Å². The Hall–Kier alpha value is -2.72. The quantitative estimate of drug-likeness (QED) is 0.337. The molecule has 3 heterocycles. The van der Waals surface area contributed by atoms with Gasteiger partial charge in [0.2, 0.25) is 0 Å². The maximum absolute atomic E-state index is 12.9. The lowest BCUT2D eigenvalue weighted by molar-refractivity contribution is -0.173. The highest BCUT2D eigenvalue weighted by atomic mass is 16.6. The van der Waals surface area contributed by atoms with Crippen LogP contribution in [0, 0.1) is 11.8 Å². The van der Waals surface area contributed by atoms with E-state index in [2.05, 4.69) is 6.58 Å². The average Bonchev–Trinajstić information content (AvgIpc) is 2.90. The van der Waals surface area contributed by atoms with Gasteiger partial charge in [0, 0.05) is 31.8 Å². The maximum Gasteiger partial charge on any atom is 0.337 e. The molecule has 10 nitrogen and oxygen atoms in total. The van der Waals surface area contributed by atoms with E-state index in [9.17, 15) is 24.3 Å². The van der Waals surface area contributed by atoms with Gasteiger partial charge in [0.05, 0.1) is 29.8 Å². The zero-order valence-electron chi connectivity index (χ0n) is 19.9. The van der Waals surface area contributed by atoms with Crippen LogP contribution in [0.2, 0.25) is 0 Å². The molecule has 1 N–H and O–H groups in total. The lowest BCUT2D eigenvalue weighted by Gasteiger charge is -2.34. The van der Waals surface area contributed by atoms with E-state index in [0.29, 0.717) is 12.8 Å². The molecule has 3 rings (SSSR count). The van der Waals surface area contributed by atoms with Gasteiger partial charge >= 0.3 is 23.9 Å². The highest BCUT2D eigenvalue weighted by molar-refractivity contribution is 5.92. The zero-order chi connectivity index (χ0) is 25.2. The number of hydrogen-bond donors (Lipinski definition) is 1. The Morgan fingerprint density at radius 2 is 1.88 bits per heavy atom. The van der Waals surface area contributed by atoms with Crippen molar-refractivity contribution in [2.75, 3.05) is 13.2 Å². The SMILES string of the molecule is C=C1C(=O)O[C@@H]2C3O[C@](C)(CC[C@@H](O)[C@H]3COC(C)=O)C[C@@H](OC(=O)/C(=C\C)COC(C)=O)[C@@H]12. The molecule has 0 aromatic rings. The van der Waals surface area contributed by atoms with Crippen LogP contribution in [-0.4, -0.2) is 72.2 Å². The summed E-state index contributed by atoms with van der Waals surface area (Å²) in [6.45, 7) is 9.50. The van der Waals surface area contributed by atoms with Crippen LogP contribution in [0.15, 0.2) is 23.8 Å². The summed E-state index contributed by atoms with van der Waals surface area (Å²) in [7, 11) is 0. The van der Waals surface area contributed by atoms with Crippen LogP contribution in [-0.2, 0) is 42.9 Å². The molecule has 0 aliphatic carbocycles. The van der Waals surface area contributed by atoms with Gasteiger partial charge in [0.1, 0.15) is 24.9 Å². The van der Waals surface area contributed by atoms with E-state index >= 15 is 0 Å². The lowest BCUT2D eigenvalue weighted by atomic mass is 9.78. The fourth-order valence-corrected chi connectivity index (χ4v) is 4.88. The number of hydrogen-bond acceptors (Lipinski definition) is 10. The Balaban J connectivity index is 1.93. The summed E-state index contributed by atoms with van der Waals surface area (Å²) in [5.74, 6) is -3.74. The first-order chi connectivity index (χ1) is 16.0. The summed E-state index contributed by atoms with van der Waals surface area (Å²) in [6, 6.07) is 0. The van der Waals surface area contributed by atoms with Crippen molar-refractivity contribution >= 4 is 23.9 Å². The first-order valence-corrected chi connectivity index (χ1v) is 11.3. The standard InChI is InChI=1S/C24H32O10/c1-6-15(10-30-13(3)25)23(29)32-18-9-24(5)8-7-17(27)16(11-31-14(4)26)20(34-24)21-19(18)12(2)22(28)33-21/h6,16-21,27H,2,7-11H2,1,3-5H3/b15-6-/t16-,17-,18-,19-,20?,21+,24-/m1/s1. The molecule has 3 saturated heterocycles. The van der Waals surface area contributed by atoms with Crippen LogP contribution in [0.4, 0.5) is 0 Å². The molecule has 0 amide bonds. The molecule has 2 bridgehead atoms. The Labute approximate surface area is 198 Å². The largest absolute Gasteiger partial charge is 0.465 e. The average molecular weight is 481 g/mol. The minimum atomic E-state index is -0.893. The summed E-state index contributed by atoms with van der Waals surface area (Å²) >= 11 is 0. The molecule has 0 aromatic carbocycles. The Morgan fingerprint density at radius 3 is 2.50 bits per heavy atom. The third-order valence-electron chi connectivity index (χ3n) is 6.70. The van der Waals surface area contributed by atoms with E-state index in [0.717, 1.165) is 0 Å². The van der Waals surface area contributed by atoms with Gasteiger partial charge in [-0.2, -0.15) is 0 Å². The van der Waals surface area contributed by atoms with Crippen molar-refractivity contribution in [3.63, 3.8) is 0 Å². The van der Waals surface area contributed by atoms with Crippen LogP contribution in [0.25, 0.3) is 0 Å². The summed E-state index contributed by atoms with van der Waals surface area (Å²) < 4.78 is 28.0. The van der Waals surface area contributed by atoms with Crippen LogP contribution in [0.5, 0.6) is 0 Å². The molecule has 0 saturated carbocycles. The molecular weight excluding hydrogens is 448 g/mol. The van der Waals surface area contributed by atoms with Crippen molar-refractivity contribution in [2.24, 2.45) is 11.8 Å². The molecule has 10 heteroatoms. The van der Waals surface area contributed by atoms with Crippen molar-refractivity contribution in [1.82, 2.24) is 0 Å². The van der Waals surface area contributed by atoms with Crippen molar-refractivity contribution in [1.29, 1.82) is 0 Å². The molecule has 1 unspecified atom stereocenters. The lowest BCUT2D eigenvalue weighted by Crippen LogP contribution is -2.47. The molecule has 3 aliphatic heterocycles. The molecule has 3 aliphatic rings. The molecule has 0 spiro atoms. The number of aliphatic hydroxyl groups is 1. The number of carbonyl (C=O) groups is 4. The number of carbonyl (C=O) groups excluding carboxylic acids is 4. The fourth-order valence-electron chi connectivity index (χ4n) is 4.88. The van der Waals surface area contributed by atoms with E-state index < -0.39 is 65.7 Å². The smallest absolute Gasteiger partial charge is 0.337 e. The summed E-state index contributed by atoms with van der Waals surface area (Å²) in [4.78, 5) is 48.0. The second-order valence-electron chi connectivity index (χ2n) is 9.27. The summed E-state index contributed by atoms with van der Waals surface area (Å²) in [5, 5.41) is 10.8. The predicted octanol–water partition coefficient (Wildman–Crippen LogP) is 1.39. The molecule has 0 aromatic heterocycles. The number of ether oxygens (including phenoxy) is 5. The Kier molecular flexibility index (Phi) is 7.82. The second-order valence-corrected chi connectivity index (χ2v) is 9.27. The third-order valence-corrected chi connectivity index (χ3v) is 6.70. The number of aliphatic hydroxyl groups excluding tert-OH is 1. The molecule has 34 heavy (non-hydrogen) atoms. The Bertz CT molecular complexity index is 892. The Morgan fingerprint density at radius 1 is 1.21 bits per heavy atom. The highest BCUT2D eigenvalue weighted by Crippen LogP contribution is 2.47. The van der Waals surface area contributed by atoms with Gasteiger partial charge in [-0.1, -0.05) is 12.7 Å². The van der Waals surface area contributed by atoms with Crippen LogP contribution in [0.3, 0.4) is 0 Å². The van der Waals surface area contributed by atoms with Crippen LogP contribution in [0.1, 0.15) is 47.0 Å². The minimum Gasteiger partial charge on any atom is -0.465 e. The van der Waals surface area contributed by atoms with Crippen molar-refractivity contribution in [3.8, 4) is 0 Å². The molecular formula is C24H32O10. The first kappa shape index (κ1) is 25.9. The van der Waals surface area contributed by atoms with Crippen molar-refractivity contribution in [3.05, 3.63) is 23.8 Å². The predicted molar refractivity (Wildman–Crippen MR) is 116 cm³/mol. The number of allylic oxidation sites excluding steroid dienone is 1. The van der Waals surface area contributed by atoms with E-state index in [1.165, 1.54) is 19.9 Å². The van der Waals surface area contributed by atoms with Gasteiger partial charge in [0.15, 0.2) is 0 Å². The molecule has 7 atom stereocenters. The molecule has 3 fully saturated rings. The second kappa shape index (κ2) is 10.3. The van der Waals surface area contributed by atoms with Crippen molar-refractivity contribution in [2.45, 2.75) is 77.0 Å². The van der Waals surface area contributed by atoms with E-state index in [-0.39, 0.29) is 30.8 Å². The third kappa shape index (κ3) is 5.50. The first-order valence-electron chi connectivity index (χ1n) is 11.3. The minimum absolute atomic E-state index is 0.111. The van der Waals surface area contributed by atoms with Gasteiger partial charge < -0.3 is 28.8 Å². The molecule has 0 radical (unpaired) electrons. The fraction of sp³-hybridized carbons (Fsp3) is 0.667. The van der Waals surface area contributed by atoms with Crippen LogP contribution >= 0.6 is 0 Å². The van der Waals surface area contributed by atoms with E-state index in [4.69, 9.17) is 23.7 Å². The summed E-state index contributed by atoms with van der Waals surface area (Å²) in [6.07, 6.45) is -0.838. The monoisotopic (exact) mass is 480 g/mol. The maximum atomic E-state index is 12.9. The highest BCUT2D eigenvalue weighted by Gasteiger charge is 2.58. The number of esters is 4. The van der Waals surface area contributed by atoms with E-state index in [1.54, 1.807) is 6.92 Å². The van der Waals surface area contributed by atoms with Crippen molar-refractivity contribution < 1.29 is 48.0 Å². The van der Waals surface area contributed by atoms with Crippen LogP contribution < -0.4 is 0 Å². The van der Waals surface area contributed by atoms with Gasteiger partial charge in [0.25, 0.3) is 0 Å². The summed E-state index contributed by atoms with van der Waals surface area (Å²) in [5.41, 5.74) is -0.518. The number of fused-ring (bicyclic) bond motifs is 4.